The van der Waals surface area contributed by atoms with Gasteiger partial charge in [-0.1, -0.05) is 18.2 Å². The first-order chi connectivity index (χ1) is 13.2. The Kier molecular flexibility index (Phi) is 3.90. The maximum Gasteiger partial charge on any atom is 0.163 e. The van der Waals surface area contributed by atoms with Gasteiger partial charge in [0.2, 0.25) is 0 Å². The summed E-state index contributed by atoms with van der Waals surface area (Å²) in [7, 11) is 0. The molecule has 3 heterocycles. The van der Waals surface area contributed by atoms with Gasteiger partial charge in [0.15, 0.2) is 5.78 Å². The van der Waals surface area contributed by atoms with Gasteiger partial charge in [-0.05, 0) is 49.1 Å². The average Bonchev–Trinajstić information content (AvgIpc) is 3.30. The standard InChI is InChI=1S/C22H20N2O2S/c1-13-8-9-19(26-13)22-21-17(23-15-5-2-3-6-16(15)24-22)11-14(12-18(21)25)20-7-4-10-27-20/h2-10,14,22-24H,11-12H2,1H3. The summed E-state index contributed by atoms with van der Waals surface area (Å²) < 4.78 is 5.92. The Labute approximate surface area is 161 Å². The van der Waals surface area contributed by atoms with E-state index in [4.69, 9.17) is 4.42 Å². The fourth-order valence-electron chi connectivity index (χ4n) is 4.04. The molecule has 136 valence electrons. The lowest BCUT2D eigenvalue weighted by Crippen LogP contribution is -2.26. The minimum Gasteiger partial charge on any atom is -0.464 e. The molecular weight excluding hydrogens is 356 g/mol. The van der Waals surface area contributed by atoms with Crippen molar-refractivity contribution in [2.24, 2.45) is 0 Å². The average molecular weight is 376 g/mol. The molecule has 1 aromatic carbocycles. The predicted octanol–water partition coefficient (Wildman–Crippen LogP) is 5.63. The molecule has 1 aliphatic carbocycles. The molecule has 0 radical (unpaired) electrons. The number of thiophene rings is 1. The number of anilines is 2. The zero-order valence-electron chi connectivity index (χ0n) is 15.0. The second kappa shape index (κ2) is 6.43. The highest BCUT2D eigenvalue weighted by Gasteiger charge is 2.37. The van der Waals surface area contributed by atoms with Gasteiger partial charge in [0.1, 0.15) is 17.6 Å². The molecule has 2 aliphatic rings. The zero-order chi connectivity index (χ0) is 18.4. The van der Waals surface area contributed by atoms with Gasteiger partial charge in [0.25, 0.3) is 0 Å². The predicted molar refractivity (Wildman–Crippen MR) is 108 cm³/mol. The largest absolute Gasteiger partial charge is 0.464 e. The number of nitrogens with one attached hydrogen (secondary N) is 2. The van der Waals surface area contributed by atoms with Crippen LogP contribution in [0.5, 0.6) is 0 Å². The van der Waals surface area contributed by atoms with Crippen molar-refractivity contribution in [3.05, 3.63) is 81.6 Å². The summed E-state index contributed by atoms with van der Waals surface area (Å²) in [6, 6.07) is 15.9. The minimum absolute atomic E-state index is 0.182. The third-order valence-corrected chi connectivity index (χ3v) is 6.33. The molecule has 3 aromatic rings. The molecule has 0 bridgehead atoms. The molecule has 2 unspecified atom stereocenters. The number of furan rings is 1. The van der Waals surface area contributed by atoms with Crippen molar-refractivity contribution in [1.82, 2.24) is 0 Å². The summed E-state index contributed by atoms with van der Waals surface area (Å²) in [5.41, 5.74) is 3.77. The van der Waals surface area contributed by atoms with Crippen molar-refractivity contribution in [3.8, 4) is 0 Å². The lowest BCUT2D eigenvalue weighted by Gasteiger charge is -2.28. The van der Waals surface area contributed by atoms with Crippen LogP contribution < -0.4 is 10.6 Å². The van der Waals surface area contributed by atoms with Gasteiger partial charge in [-0.25, -0.2) is 0 Å². The summed E-state index contributed by atoms with van der Waals surface area (Å²) in [5.74, 6) is 2.04. The summed E-state index contributed by atoms with van der Waals surface area (Å²) in [4.78, 5) is 14.5. The smallest absolute Gasteiger partial charge is 0.163 e. The van der Waals surface area contributed by atoms with E-state index in [1.165, 1.54) is 4.88 Å². The maximum absolute atomic E-state index is 13.3. The summed E-state index contributed by atoms with van der Waals surface area (Å²) >= 11 is 1.73. The van der Waals surface area contributed by atoms with E-state index in [1.54, 1.807) is 11.3 Å². The molecular formula is C22H20N2O2S. The van der Waals surface area contributed by atoms with Gasteiger partial charge in [-0.2, -0.15) is 0 Å². The van der Waals surface area contributed by atoms with Gasteiger partial charge >= 0.3 is 0 Å². The molecule has 5 heteroatoms. The Morgan fingerprint density at radius 1 is 1.04 bits per heavy atom. The number of hydrogen-bond donors (Lipinski definition) is 2. The number of aryl methyl sites for hydroxylation is 1. The first-order valence-corrected chi connectivity index (χ1v) is 10.1. The summed E-state index contributed by atoms with van der Waals surface area (Å²) in [6.45, 7) is 1.93. The van der Waals surface area contributed by atoms with Crippen LogP contribution in [0, 0.1) is 6.92 Å². The first kappa shape index (κ1) is 16.4. The molecule has 2 aromatic heterocycles. The Balaban J connectivity index is 1.62. The van der Waals surface area contributed by atoms with E-state index in [2.05, 4.69) is 28.1 Å². The number of ketones is 1. The van der Waals surface area contributed by atoms with Crippen LogP contribution in [-0.2, 0) is 4.79 Å². The molecule has 27 heavy (non-hydrogen) atoms. The van der Waals surface area contributed by atoms with E-state index in [0.717, 1.165) is 40.6 Å². The van der Waals surface area contributed by atoms with Crippen LogP contribution in [0.25, 0.3) is 0 Å². The number of para-hydroxylation sites is 2. The van der Waals surface area contributed by atoms with E-state index >= 15 is 0 Å². The highest BCUT2D eigenvalue weighted by Crippen LogP contribution is 2.45. The quantitative estimate of drug-likeness (QED) is 0.609. The number of hydrogen-bond acceptors (Lipinski definition) is 5. The normalized spacial score (nSPS) is 21.7. The van der Waals surface area contributed by atoms with E-state index in [9.17, 15) is 4.79 Å². The van der Waals surface area contributed by atoms with E-state index in [-0.39, 0.29) is 17.7 Å². The van der Waals surface area contributed by atoms with Gasteiger partial charge in [0, 0.05) is 28.5 Å². The topological polar surface area (TPSA) is 54.3 Å². The van der Waals surface area contributed by atoms with Crippen LogP contribution >= 0.6 is 11.3 Å². The Morgan fingerprint density at radius 2 is 1.89 bits per heavy atom. The van der Waals surface area contributed by atoms with Gasteiger partial charge < -0.3 is 15.1 Å². The molecule has 4 nitrogen and oxygen atoms in total. The summed E-state index contributed by atoms with van der Waals surface area (Å²) in [5, 5.41) is 9.16. The molecule has 0 amide bonds. The Bertz CT molecular complexity index is 1030. The minimum atomic E-state index is -0.276. The lowest BCUT2D eigenvalue weighted by molar-refractivity contribution is -0.116. The van der Waals surface area contributed by atoms with Crippen molar-refractivity contribution >= 4 is 28.5 Å². The fourth-order valence-corrected chi connectivity index (χ4v) is 4.87. The fraction of sp³-hybridized carbons (Fsp3) is 0.227. The summed E-state index contributed by atoms with van der Waals surface area (Å²) in [6.07, 6.45) is 1.36. The Hall–Kier alpha value is -2.79. The van der Waals surface area contributed by atoms with Crippen LogP contribution in [0.15, 0.2) is 69.6 Å². The molecule has 5 rings (SSSR count). The lowest BCUT2D eigenvalue weighted by atomic mass is 9.82. The van der Waals surface area contributed by atoms with Crippen LogP contribution in [0.3, 0.4) is 0 Å². The van der Waals surface area contributed by atoms with Crippen LogP contribution in [0.4, 0.5) is 11.4 Å². The number of benzene rings is 1. The SMILES string of the molecule is Cc1ccc(C2Nc3ccccc3NC3=C2C(=O)CC(c2cccs2)C3)o1. The third-order valence-electron chi connectivity index (χ3n) is 5.30. The number of Topliss-reactive ketones (excluding diaryl/α,β-unsaturated/α-hetero) is 1. The highest BCUT2D eigenvalue weighted by molar-refractivity contribution is 7.10. The van der Waals surface area contributed by atoms with Crippen LogP contribution in [0.1, 0.15) is 41.2 Å². The molecule has 2 atom stereocenters. The van der Waals surface area contributed by atoms with Gasteiger partial charge in [-0.3, -0.25) is 4.79 Å². The molecule has 1 aliphatic heterocycles. The number of allylic oxidation sites excluding steroid dienone is 1. The van der Waals surface area contributed by atoms with Crippen molar-refractivity contribution in [1.29, 1.82) is 0 Å². The second-order valence-corrected chi connectivity index (χ2v) is 8.11. The molecule has 0 saturated carbocycles. The molecule has 2 N–H and O–H groups in total. The van der Waals surface area contributed by atoms with E-state index in [0.29, 0.717) is 6.42 Å². The number of carbonyl (C=O) groups excluding carboxylic acids is 1. The van der Waals surface area contributed by atoms with Crippen molar-refractivity contribution in [2.75, 3.05) is 10.6 Å². The molecule has 0 saturated heterocycles. The monoisotopic (exact) mass is 376 g/mol. The number of rotatable bonds is 2. The van der Waals surface area contributed by atoms with Crippen LogP contribution in [-0.4, -0.2) is 5.78 Å². The molecule has 0 spiro atoms. The van der Waals surface area contributed by atoms with Crippen molar-refractivity contribution < 1.29 is 9.21 Å². The van der Waals surface area contributed by atoms with Crippen molar-refractivity contribution in [2.45, 2.75) is 31.7 Å². The number of carbonyl (C=O) groups is 1. The highest BCUT2D eigenvalue weighted by atomic mass is 32.1. The second-order valence-electron chi connectivity index (χ2n) is 7.13. The Morgan fingerprint density at radius 3 is 2.63 bits per heavy atom. The maximum atomic E-state index is 13.3. The first-order valence-electron chi connectivity index (χ1n) is 9.17. The van der Waals surface area contributed by atoms with Gasteiger partial charge in [0.05, 0.1) is 11.4 Å². The third kappa shape index (κ3) is 2.88. The zero-order valence-corrected chi connectivity index (χ0v) is 15.8. The van der Waals surface area contributed by atoms with Crippen LogP contribution in [0.2, 0.25) is 0 Å². The number of fused-ring (bicyclic) bond motifs is 1. The van der Waals surface area contributed by atoms with Gasteiger partial charge in [-0.15, -0.1) is 11.3 Å². The molecule has 0 fully saturated rings. The van der Waals surface area contributed by atoms with Crippen molar-refractivity contribution in [3.63, 3.8) is 0 Å². The van der Waals surface area contributed by atoms with E-state index < -0.39 is 0 Å². The van der Waals surface area contributed by atoms with E-state index in [1.807, 2.05) is 43.3 Å².